The van der Waals surface area contributed by atoms with Crippen LogP contribution in [-0.2, 0) is 7.05 Å². The minimum atomic E-state index is 0.123. The Balaban J connectivity index is 1.57. The van der Waals surface area contributed by atoms with Gasteiger partial charge in [-0.1, -0.05) is 17.7 Å². The summed E-state index contributed by atoms with van der Waals surface area (Å²) in [5.41, 5.74) is 1.99. The standard InChI is InChI=1S/C19H24N2O2/c1-15-7-9-17(10-8-15)23-14-16-5-3-12-21(13-16)19(22)18-6-4-11-20(18)2/h4,6-11,16H,3,5,12-14H2,1-2H3. The van der Waals surface area contributed by atoms with Gasteiger partial charge in [0.2, 0.25) is 0 Å². The van der Waals surface area contributed by atoms with Gasteiger partial charge in [0.05, 0.1) is 6.61 Å². The summed E-state index contributed by atoms with van der Waals surface area (Å²) < 4.78 is 7.78. The van der Waals surface area contributed by atoms with E-state index in [4.69, 9.17) is 4.74 Å². The van der Waals surface area contributed by atoms with Gasteiger partial charge in [-0.05, 0) is 44.0 Å². The van der Waals surface area contributed by atoms with Gasteiger partial charge in [-0.15, -0.1) is 0 Å². The molecule has 0 bridgehead atoms. The quantitative estimate of drug-likeness (QED) is 0.868. The Hall–Kier alpha value is -2.23. The highest BCUT2D eigenvalue weighted by Crippen LogP contribution is 2.20. The van der Waals surface area contributed by atoms with Gasteiger partial charge in [0, 0.05) is 32.3 Å². The van der Waals surface area contributed by atoms with Crippen LogP contribution in [0.3, 0.4) is 0 Å². The monoisotopic (exact) mass is 312 g/mol. The van der Waals surface area contributed by atoms with Crippen LogP contribution in [0.1, 0.15) is 28.9 Å². The number of ether oxygens (including phenoxy) is 1. The molecule has 23 heavy (non-hydrogen) atoms. The highest BCUT2D eigenvalue weighted by Gasteiger charge is 2.25. The summed E-state index contributed by atoms with van der Waals surface area (Å²) in [4.78, 5) is 14.6. The number of aryl methyl sites for hydroxylation is 2. The Morgan fingerprint density at radius 2 is 2.04 bits per heavy atom. The van der Waals surface area contributed by atoms with Gasteiger partial charge < -0.3 is 14.2 Å². The lowest BCUT2D eigenvalue weighted by molar-refractivity contribution is 0.0624. The van der Waals surface area contributed by atoms with Crippen molar-refractivity contribution in [2.75, 3.05) is 19.7 Å². The fraction of sp³-hybridized carbons (Fsp3) is 0.421. The zero-order chi connectivity index (χ0) is 16.2. The summed E-state index contributed by atoms with van der Waals surface area (Å²) >= 11 is 0. The minimum Gasteiger partial charge on any atom is -0.493 e. The molecule has 0 spiro atoms. The molecule has 1 aromatic carbocycles. The van der Waals surface area contributed by atoms with Crippen LogP contribution >= 0.6 is 0 Å². The molecular weight excluding hydrogens is 288 g/mol. The van der Waals surface area contributed by atoms with Crippen molar-refractivity contribution in [1.29, 1.82) is 0 Å². The fourth-order valence-electron chi connectivity index (χ4n) is 3.08. The van der Waals surface area contributed by atoms with E-state index >= 15 is 0 Å². The molecule has 0 N–H and O–H groups in total. The Morgan fingerprint density at radius 1 is 1.26 bits per heavy atom. The Labute approximate surface area is 137 Å². The molecule has 0 saturated carbocycles. The molecule has 0 aliphatic carbocycles. The number of carbonyl (C=O) groups excluding carboxylic acids is 1. The number of hydrogen-bond donors (Lipinski definition) is 0. The van der Waals surface area contributed by atoms with Crippen LogP contribution in [0.2, 0.25) is 0 Å². The maximum Gasteiger partial charge on any atom is 0.270 e. The van der Waals surface area contributed by atoms with Crippen molar-refractivity contribution in [2.24, 2.45) is 13.0 Å². The van der Waals surface area contributed by atoms with Gasteiger partial charge in [0.25, 0.3) is 5.91 Å². The molecule has 2 heterocycles. The molecule has 1 unspecified atom stereocenters. The molecule has 1 aromatic heterocycles. The molecule has 4 nitrogen and oxygen atoms in total. The lowest BCUT2D eigenvalue weighted by atomic mass is 9.98. The molecular formula is C19H24N2O2. The van der Waals surface area contributed by atoms with Crippen LogP contribution < -0.4 is 4.74 Å². The fourth-order valence-corrected chi connectivity index (χ4v) is 3.08. The van der Waals surface area contributed by atoms with Crippen LogP contribution in [-0.4, -0.2) is 35.1 Å². The largest absolute Gasteiger partial charge is 0.493 e. The van der Waals surface area contributed by atoms with E-state index in [0.29, 0.717) is 12.5 Å². The third-order valence-electron chi connectivity index (χ3n) is 4.48. The van der Waals surface area contributed by atoms with E-state index in [1.807, 2.05) is 47.0 Å². The molecule has 1 aliphatic heterocycles. The lowest BCUT2D eigenvalue weighted by Crippen LogP contribution is -2.42. The third-order valence-corrected chi connectivity index (χ3v) is 4.48. The van der Waals surface area contributed by atoms with Crippen molar-refractivity contribution < 1.29 is 9.53 Å². The van der Waals surface area contributed by atoms with Crippen molar-refractivity contribution in [3.8, 4) is 5.75 Å². The molecule has 1 aliphatic rings. The van der Waals surface area contributed by atoms with Gasteiger partial charge in [0.15, 0.2) is 0 Å². The summed E-state index contributed by atoms with van der Waals surface area (Å²) in [6, 6.07) is 11.9. The van der Waals surface area contributed by atoms with Crippen LogP contribution in [0.15, 0.2) is 42.6 Å². The second-order valence-electron chi connectivity index (χ2n) is 6.39. The first kappa shape index (κ1) is 15.7. The molecule has 1 amide bonds. The smallest absolute Gasteiger partial charge is 0.270 e. The molecule has 1 fully saturated rings. The third kappa shape index (κ3) is 3.76. The number of aromatic nitrogens is 1. The van der Waals surface area contributed by atoms with E-state index in [1.165, 1.54) is 5.56 Å². The second kappa shape index (κ2) is 6.90. The summed E-state index contributed by atoms with van der Waals surface area (Å²) in [7, 11) is 1.91. The maximum absolute atomic E-state index is 12.6. The van der Waals surface area contributed by atoms with Gasteiger partial charge in [-0.2, -0.15) is 0 Å². The van der Waals surface area contributed by atoms with E-state index in [2.05, 4.69) is 19.1 Å². The minimum absolute atomic E-state index is 0.123. The maximum atomic E-state index is 12.6. The van der Waals surface area contributed by atoms with Gasteiger partial charge >= 0.3 is 0 Å². The Morgan fingerprint density at radius 3 is 2.74 bits per heavy atom. The van der Waals surface area contributed by atoms with E-state index in [9.17, 15) is 4.79 Å². The highest BCUT2D eigenvalue weighted by molar-refractivity contribution is 5.92. The summed E-state index contributed by atoms with van der Waals surface area (Å²) in [6.07, 6.45) is 4.07. The first-order chi connectivity index (χ1) is 11.1. The molecule has 0 radical (unpaired) electrons. The van der Waals surface area contributed by atoms with Crippen LogP contribution in [0.25, 0.3) is 0 Å². The molecule has 1 atom stereocenters. The van der Waals surface area contributed by atoms with Crippen molar-refractivity contribution >= 4 is 5.91 Å². The van der Waals surface area contributed by atoms with Gasteiger partial charge in [0.1, 0.15) is 11.4 Å². The molecule has 2 aromatic rings. The van der Waals surface area contributed by atoms with Crippen LogP contribution in [0, 0.1) is 12.8 Å². The first-order valence-corrected chi connectivity index (χ1v) is 8.23. The average molecular weight is 312 g/mol. The number of nitrogens with zero attached hydrogens (tertiary/aromatic N) is 2. The van der Waals surface area contributed by atoms with E-state index < -0.39 is 0 Å². The van der Waals surface area contributed by atoms with Crippen molar-refractivity contribution in [3.05, 3.63) is 53.9 Å². The molecule has 122 valence electrons. The van der Waals surface area contributed by atoms with Crippen LogP contribution in [0.4, 0.5) is 0 Å². The zero-order valence-electron chi connectivity index (χ0n) is 13.9. The van der Waals surface area contributed by atoms with Crippen molar-refractivity contribution in [2.45, 2.75) is 19.8 Å². The topological polar surface area (TPSA) is 34.5 Å². The van der Waals surface area contributed by atoms with Crippen LogP contribution in [0.5, 0.6) is 5.75 Å². The first-order valence-electron chi connectivity index (χ1n) is 8.23. The van der Waals surface area contributed by atoms with Crippen molar-refractivity contribution in [3.63, 3.8) is 0 Å². The number of amides is 1. The summed E-state index contributed by atoms with van der Waals surface area (Å²) in [5, 5.41) is 0. The second-order valence-corrected chi connectivity index (χ2v) is 6.39. The van der Waals surface area contributed by atoms with Crippen molar-refractivity contribution in [1.82, 2.24) is 9.47 Å². The normalized spacial score (nSPS) is 18.0. The number of likely N-dealkylation sites (tertiary alicyclic amines) is 1. The number of piperidine rings is 1. The van der Waals surface area contributed by atoms with Gasteiger partial charge in [-0.25, -0.2) is 0 Å². The predicted octanol–water partition coefficient (Wildman–Crippen LogP) is 3.26. The number of rotatable bonds is 4. The SMILES string of the molecule is Cc1ccc(OCC2CCCN(C(=O)c3cccn3C)C2)cc1. The number of hydrogen-bond acceptors (Lipinski definition) is 2. The molecule has 3 rings (SSSR count). The number of benzene rings is 1. The summed E-state index contributed by atoms with van der Waals surface area (Å²) in [5.74, 6) is 1.42. The van der Waals surface area contributed by atoms with E-state index in [-0.39, 0.29) is 5.91 Å². The Bertz CT molecular complexity index is 660. The molecule has 1 saturated heterocycles. The average Bonchev–Trinajstić information content (AvgIpc) is 3.00. The number of carbonyl (C=O) groups is 1. The molecule has 4 heteroatoms. The van der Waals surface area contributed by atoms with E-state index in [1.54, 1.807) is 0 Å². The zero-order valence-corrected chi connectivity index (χ0v) is 13.9. The Kier molecular flexibility index (Phi) is 4.70. The van der Waals surface area contributed by atoms with E-state index in [0.717, 1.165) is 37.4 Å². The lowest BCUT2D eigenvalue weighted by Gasteiger charge is -2.32. The highest BCUT2D eigenvalue weighted by atomic mass is 16.5. The summed E-state index contributed by atoms with van der Waals surface area (Å²) in [6.45, 7) is 4.35. The predicted molar refractivity (Wildman–Crippen MR) is 90.7 cm³/mol. The van der Waals surface area contributed by atoms with Gasteiger partial charge in [-0.3, -0.25) is 4.79 Å².